The molecule has 138 valence electrons. The molecule has 4 aromatic rings. The summed E-state index contributed by atoms with van der Waals surface area (Å²) < 4.78 is 7.25. The first-order chi connectivity index (χ1) is 13.6. The smallest absolute Gasteiger partial charge is 0.408 e. The quantitative estimate of drug-likeness (QED) is 0.545. The van der Waals surface area contributed by atoms with Gasteiger partial charge in [0.1, 0.15) is 5.69 Å². The molecule has 6 nitrogen and oxygen atoms in total. The van der Waals surface area contributed by atoms with Gasteiger partial charge < -0.3 is 4.74 Å². The van der Waals surface area contributed by atoms with E-state index in [9.17, 15) is 4.79 Å². The van der Waals surface area contributed by atoms with Crippen molar-refractivity contribution in [3.05, 3.63) is 85.3 Å². The van der Waals surface area contributed by atoms with Crippen molar-refractivity contribution in [1.82, 2.24) is 14.8 Å². The maximum Gasteiger partial charge on any atom is 0.417 e. The fraction of sp³-hybridized carbons (Fsp3) is 0.0455. The molecule has 2 aromatic heterocycles. The summed E-state index contributed by atoms with van der Waals surface area (Å²) >= 11 is 0. The molecule has 0 spiro atoms. The number of hydrogen-bond donors (Lipinski definition) is 1. The summed E-state index contributed by atoms with van der Waals surface area (Å²) in [4.78, 5) is 16.8. The van der Waals surface area contributed by atoms with Gasteiger partial charge in [0.25, 0.3) is 0 Å². The Hall–Kier alpha value is -3.93. The van der Waals surface area contributed by atoms with Crippen LogP contribution in [0.5, 0.6) is 5.75 Å². The molecule has 0 aliphatic heterocycles. The second-order valence-corrected chi connectivity index (χ2v) is 6.31. The van der Waals surface area contributed by atoms with Gasteiger partial charge in [-0.05, 0) is 42.8 Å². The van der Waals surface area contributed by atoms with E-state index in [1.54, 1.807) is 29.2 Å². The van der Waals surface area contributed by atoms with Gasteiger partial charge >= 0.3 is 6.09 Å². The molecule has 0 bridgehead atoms. The van der Waals surface area contributed by atoms with E-state index in [1.807, 2.05) is 55.5 Å². The second-order valence-electron chi connectivity index (χ2n) is 6.31. The van der Waals surface area contributed by atoms with E-state index in [0.29, 0.717) is 17.1 Å². The molecule has 0 aliphatic carbocycles. The summed E-state index contributed by atoms with van der Waals surface area (Å²) in [5.41, 5.74) is 3.77. The maximum absolute atomic E-state index is 12.5. The van der Waals surface area contributed by atoms with Gasteiger partial charge in [0.05, 0.1) is 29.3 Å². The number of anilines is 1. The lowest BCUT2D eigenvalue weighted by Gasteiger charge is -2.13. The number of pyridine rings is 1. The van der Waals surface area contributed by atoms with Gasteiger partial charge in [-0.25, -0.2) is 9.48 Å². The minimum atomic E-state index is -0.603. The average molecular weight is 370 g/mol. The van der Waals surface area contributed by atoms with Gasteiger partial charge in [-0.1, -0.05) is 36.9 Å². The Morgan fingerprint density at radius 1 is 1.11 bits per heavy atom. The van der Waals surface area contributed by atoms with Gasteiger partial charge in [0.15, 0.2) is 5.75 Å². The SMILES string of the molecule is C=C(C)c1ccnn1-c1ccccc1OC(=O)Nc1cnc2ccccc2c1. The lowest BCUT2D eigenvalue weighted by Crippen LogP contribution is -2.18. The Morgan fingerprint density at radius 3 is 2.75 bits per heavy atom. The molecular weight excluding hydrogens is 352 g/mol. The molecule has 6 heteroatoms. The van der Waals surface area contributed by atoms with Crippen LogP contribution in [0.25, 0.3) is 22.2 Å². The number of fused-ring (bicyclic) bond motifs is 1. The number of carbonyl (C=O) groups is 1. The Morgan fingerprint density at radius 2 is 1.89 bits per heavy atom. The van der Waals surface area contributed by atoms with Crippen molar-refractivity contribution in [3.8, 4) is 11.4 Å². The lowest BCUT2D eigenvalue weighted by atomic mass is 10.2. The predicted molar refractivity (Wildman–Crippen MR) is 110 cm³/mol. The van der Waals surface area contributed by atoms with Gasteiger partial charge in [0, 0.05) is 5.39 Å². The highest BCUT2D eigenvalue weighted by molar-refractivity contribution is 5.90. The molecule has 0 fully saturated rings. The summed E-state index contributed by atoms with van der Waals surface area (Å²) in [6.07, 6.45) is 2.68. The zero-order chi connectivity index (χ0) is 19.5. The summed E-state index contributed by atoms with van der Waals surface area (Å²) in [6.45, 7) is 5.87. The molecule has 2 aromatic carbocycles. The molecule has 2 heterocycles. The first kappa shape index (κ1) is 17.5. The first-order valence-corrected chi connectivity index (χ1v) is 8.75. The molecule has 0 atom stereocenters. The number of hydrogen-bond acceptors (Lipinski definition) is 4. The van der Waals surface area contributed by atoms with Crippen LogP contribution in [0.1, 0.15) is 12.6 Å². The summed E-state index contributed by atoms with van der Waals surface area (Å²) in [7, 11) is 0. The van der Waals surface area contributed by atoms with E-state index in [0.717, 1.165) is 22.2 Å². The van der Waals surface area contributed by atoms with Crippen LogP contribution in [0.4, 0.5) is 10.5 Å². The highest BCUT2D eigenvalue weighted by Crippen LogP contribution is 2.26. The number of para-hydroxylation sites is 3. The van der Waals surface area contributed by atoms with E-state index in [-0.39, 0.29) is 0 Å². The number of carbonyl (C=O) groups excluding carboxylic acids is 1. The molecule has 0 aliphatic rings. The highest BCUT2D eigenvalue weighted by atomic mass is 16.6. The number of allylic oxidation sites excluding steroid dienone is 1. The van der Waals surface area contributed by atoms with Gasteiger partial charge in [-0.15, -0.1) is 0 Å². The first-order valence-electron chi connectivity index (χ1n) is 8.75. The third-order valence-electron chi connectivity index (χ3n) is 4.21. The molecule has 1 amide bonds. The zero-order valence-corrected chi connectivity index (χ0v) is 15.3. The second kappa shape index (κ2) is 7.36. The minimum Gasteiger partial charge on any atom is -0.408 e. The van der Waals surface area contributed by atoms with E-state index < -0.39 is 6.09 Å². The topological polar surface area (TPSA) is 69.0 Å². The third kappa shape index (κ3) is 3.48. The lowest BCUT2D eigenvalue weighted by molar-refractivity contribution is 0.215. The fourth-order valence-electron chi connectivity index (χ4n) is 2.92. The summed E-state index contributed by atoms with van der Waals surface area (Å²) in [6, 6.07) is 18.6. The number of aromatic nitrogens is 3. The Kier molecular flexibility index (Phi) is 4.60. The van der Waals surface area contributed by atoms with Crippen molar-refractivity contribution in [3.63, 3.8) is 0 Å². The van der Waals surface area contributed by atoms with Gasteiger partial charge in [-0.2, -0.15) is 5.10 Å². The van der Waals surface area contributed by atoms with Crippen LogP contribution in [-0.4, -0.2) is 20.9 Å². The van der Waals surface area contributed by atoms with E-state index >= 15 is 0 Å². The maximum atomic E-state index is 12.5. The van der Waals surface area contributed by atoms with Crippen molar-refractivity contribution in [2.45, 2.75) is 6.92 Å². The number of rotatable bonds is 4. The molecule has 4 rings (SSSR count). The van der Waals surface area contributed by atoms with E-state index in [1.165, 1.54) is 0 Å². The largest absolute Gasteiger partial charge is 0.417 e. The number of ether oxygens (including phenoxy) is 1. The van der Waals surface area contributed by atoms with Crippen molar-refractivity contribution in [2.75, 3.05) is 5.32 Å². The normalized spacial score (nSPS) is 10.6. The van der Waals surface area contributed by atoms with Crippen LogP contribution in [-0.2, 0) is 0 Å². The Balaban J connectivity index is 1.58. The van der Waals surface area contributed by atoms with Crippen molar-refractivity contribution < 1.29 is 9.53 Å². The summed E-state index contributed by atoms with van der Waals surface area (Å²) in [5, 5.41) is 7.98. The van der Waals surface area contributed by atoms with Crippen molar-refractivity contribution in [1.29, 1.82) is 0 Å². The summed E-state index contributed by atoms with van der Waals surface area (Å²) in [5.74, 6) is 0.389. The molecular formula is C22H18N4O2. The van der Waals surface area contributed by atoms with E-state index in [4.69, 9.17) is 4.74 Å². The third-order valence-corrected chi connectivity index (χ3v) is 4.21. The Labute approximate surface area is 162 Å². The van der Waals surface area contributed by atoms with Crippen LogP contribution in [0, 0.1) is 0 Å². The molecule has 0 unspecified atom stereocenters. The molecule has 0 radical (unpaired) electrons. The number of benzene rings is 2. The number of amides is 1. The van der Waals surface area contributed by atoms with Crippen LogP contribution in [0.2, 0.25) is 0 Å². The Bertz CT molecular complexity index is 1180. The predicted octanol–water partition coefficient (Wildman–Crippen LogP) is 5.06. The van der Waals surface area contributed by atoms with Crippen LogP contribution < -0.4 is 10.1 Å². The van der Waals surface area contributed by atoms with Gasteiger partial charge in [-0.3, -0.25) is 10.3 Å². The number of nitrogens with one attached hydrogen (secondary N) is 1. The number of nitrogens with zero attached hydrogens (tertiary/aromatic N) is 3. The fourth-order valence-corrected chi connectivity index (χ4v) is 2.92. The van der Waals surface area contributed by atoms with E-state index in [2.05, 4.69) is 22.0 Å². The molecule has 0 saturated heterocycles. The van der Waals surface area contributed by atoms with Crippen molar-refractivity contribution >= 4 is 28.3 Å². The molecule has 0 saturated carbocycles. The molecule has 28 heavy (non-hydrogen) atoms. The zero-order valence-electron chi connectivity index (χ0n) is 15.3. The minimum absolute atomic E-state index is 0.389. The molecule has 1 N–H and O–H groups in total. The van der Waals surface area contributed by atoms with Crippen molar-refractivity contribution in [2.24, 2.45) is 0 Å². The van der Waals surface area contributed by atoms with Crippen LogP contribution in [0.15, 0.2) is 79.6 Å². The van der Waals surface area contributed by atoms with Gasteiger partial charge in [0.2, 0.25) is 0 Å². The highest BCUT2D eigenvalue weighted by Gasteiger charge is 2.14. The van der Waals surface area contributed by atoms with Crippen LogP contribution >= 0.6 is 0 Å². The average Bonchev–Trinajstić information content (AvgIpc) is 3.18. The standard InChI is InChI=1S/C22H18N4O2/c1-15(2)19-11-12-24-26(19)20-9-5-6-10-21(20)28-22(27)25-17-13-16-7-3-4-8-18(16)23-14-17/h3-14H,1H2,2H3,(H,25,27). The van der Waals surface area contributed by atoms with Crippen LogP contribution in [0.3, 0.4) is 0 Å². The monoisotopic (exact) mass is 370 g/mol.